The van der Waals surface area contributed by atoms with Crippen molar-refractivity contribution in [1.29, 1.82) is 0 Å². The van der Waals surface area contributed by atoms with Gasteiger partial charge < -0.3 is 15.4 Å². The van der Waals surface area contributed by atoms with Crippen molar-refractivity contribution >= 4 is 11.6 Å². The van der Waals surface area contributed by atoms with Crippen molar-refractivity contribution < 1.29 is 14.5 Å². The second kappa shape index (κ2) is 7.58. The fourth-order valence-corrected chi connectivity index (χ4v) is 1.77. The molecule has 1 aromatic rings. The summed E-state index contributed by atoms with van der Waals surface area (Å²) >= 11 is 0. The van der Waals surface area contributed by atoms with Crippen LogP contribution in [0.25, 0.3) is 0 Å². The predicted octanol–water partition coefficient (Wildman–Crippen LogP) is 1.61. The van der Waals surface area contributed by atoms with Crippen LogP contribution in [0.15, 0.2) is 18.2 Å². The molecule has 116 valence electrons. The van der Waals surface area contributed by atoms with E-state index in [1.165, 1.54) is 12.1 Å². The summed E-state index contributed by atoms with van der Waals surface area (Å²) in [5, 5.41) is 16.7. The minimum absolute atomic E-state index is 0.0171. The zero-order valence-corrected chi connectivity index (χ0v) is 12.7. The quantitative estimate of drug-likeness (QED) is 0.588. The lowest BCUT2D eigenvalue weighted by Gasteiger charge is -2.16. The van der Waals surface area contributed by atoms with Crippen molar-refractivity contribution in [2.45, 2.75) is 39.5 Å². The smallest absolute Gasteiger partial charge is 0.311 e. The van der Waals surface area contributed by atoms with Crippen molar-refractivity contribution in [2.24, 2.45) is 0 Å². The molecule has 0 aliphatic heterocycles. The number of ether oxygens (including phenoxy) is 1. The molecule has 0 radical (unpaired) electrons. The Bertz CT molecular complexity index is 517. The van der Waals surface area contributed by atoms with Gasteiger partial charge >= 0.3 is 5.69 Å². The van der Waals surface area contributed by atoms with Crippen LogP contribution in [-0.4, -0.2) is 30.0 Å². The summed E-state index contributed by atoms with van der Waals surface area (Å²) in [5.74, 6) is -0.218. The van der Waals surface area contributed by atoms with Gasteiger partial charge in [-0.15, -0.1) is 0 Å². The van der Waals surface area contributed by atoms with Gasteiger partial charge in [0.1, 0.15) is 0 Å². The minimum Gasteiger partial charge on any atom is -0.474 e. The molecule has 0 aliphatic rings. The van der Waals surface area contributed by atoms with Gasteiger partial charge in [-0.3, -0.25) is 14.9 Å². The van der Waals surface area contributed by atoms with Gasteiger partial charge in [0, 0.05) is 18.7 Å². The zero-order valence-electron chi connectivity index (χ0n) is 12.7. The van der Waals surface area contributed by atoms with E-state index in [-0.39, 0.29) is 23.4 Å². The van der Waals surface area contributed by atoms with Crippen LogP contribution in [0, 0.1) is 10.1 Å². The molecule has 0 aromatic heterocycles. The van der Waals surface area contributed by atoms with Crippen LogP contribution in [0.5, 0.6) is 5.75 Å². The van der Waals surface area contributed by atoms with E-state index in [0.717, 1.165) is 5.56 Å². The minimum atomic E-state index is -0.804. The molecule has 0 heterocycles. The van der Waals surface area contributed by atoms with E-state index in [9.17, 15) is 14.9 Å². The van der Waals surface area contributed by atoms with Gasteiger partial charge in [-0.1, -0.05) is 6.07 Å². The van der Waals surface area contributed by atoms with E-state index in [1.807, 2.05) is 13.8 Å². The third-order valence-corrected chi connectivity index (χ3v) is 2.70. The molecule has 1 amide bonds. The first kappa shape index (κ1) is 16.9. The standard InChI is InChI=1S/C14H21N3O4/c1-9(2)16-14(18)10(3)21-13-6-5-11(8-15-4)7-12(13)17(19)20/h5-7,9-10,15H,8H2,1-4H3,(H,16,18). The Labute approximate surface area is 123 Å². The summed E-state index contributed by atoms with van der Waals surface area (Å²) in [6.45, 7) is 5.74. The van der Waals surface area contributed by atoms with E-state index in [1.54, 1.807) is 20.0 Å². The average molecular weight is 295 g/mol. The predicted molar refractivity (Wildman–Crippen MR) is 79.2 cm³/mol. The molecule has 0 bridgehead atoms. The Balaban J connectivity index is 2.91. The molecule has 1 rings (SSSR count). The van der Waals surface area contributed by atoms with Gasteiger partial charge in [-0.2, -0.15) is 0 Å². The number of rotatable bonds is 7. The van der Waals surface area contributed by atoms with Crippen molar-refractivity contribution in [2.75, 3.05) is 7.05 Å². The molecule has 2 N–H and O–H groups in total. The molecule has 0 saturated carbocycles. The second-order valence-electron chi connectivity index (χ2n) is 5.01. The molecule has 1 aromatic carbocycles. The van der Waals surface area contributed by atoms with E-state index < -0.39 is 11.0 Å². The molecule has 0 spiro atoms. The molecule has 1 unspecified atom stereocenters. The highest BCUT2D eigenvalue weighted by Crippen LogP contribution is 2.28. The average Bonchev–Trinajstić information content (AvgIpc) is 2.39. The lowest BCUT2D eigenvalue weighted by atomic mass is 10.2. The van der Waals surface area contributed by atoms with E-state index in [4.69, 9.17) is 4.74 Å². The largest absolute Gasteiger partial charge is 0.474 e. The highest BCUT2D eigenvalue weighted by atomic mass is 16.6. The summed E-state index contributed by atoms with van der Waals surface area (Å²) in [7, 11) is 1.76. The number of nitro groups is 1. The molecule has 1 atom stereocenters. The molecular weight excluding hydrogens is 274 g/mol. The van der Waals surface area contributed by atoms with Crippen LogP contribution in [-0.2, 0) is 11.3 Å². The maximum atomic E-state index is 11.8. The number of hydrogen-bond donors (Lipinski definition) is 2. The van der Waals surface area contributed by atoms with E-state index in [2.05, 4.69) is 10.6 Å². The monoisotopic (exact) mass is 295 g/mol. The van der Waals surface area contributed by atoms with Crippen LogP contribution < -0.4 is 15.4 Å². The second-order valence-corrected chi connectivity index (χ2v) is 5.01. The Hall–Kier alpha value is -2.15. The Kier molecular flexibility index (Phi) is 6.10. The molecule has 0 saturated heterocycles. The molecule has 0 fully saturated rings. The van der Waals surface area contributed by atoms with Crippen molar-refractivity contribution in [1.82, 2.24) is 10.6 Å². The first-order valence-corrected chi connectivity index (χ1v) is 6.74. The number of hydrogen-bond acceptors (Lipinski definition) is 5. The summed E-state index contributed by atoms with van der Waals surface area (Å²) in [6.07, 6.45) is -0.804. The Morgan fingerprint density at radius 2 is 2.05 bits per heavy atom. The van der Waals surface area contributed by atoms with Crippen LogP contribution >= 0.6 is 0 Å². The Morgan fingerprint density at radius 1 is 1.38 bits per heavy atom. The summed E-state index contributed by atoms with van der Waals surface area (Å²) in [4.78, 5) is 22.4. The van der Waals surface area contributed by atoms with Gasteiger partial charge in [-0.05, 0) is 39.4 Å². The molecule has 21 heavy (non-hydrogen) atoms. The first-order valence-electron chi connectivity index (χ1n) is 6.74. The van der Waals surface area contributed by atoms with Crippen LogP contribution in [0.3, 0.4) is 0 Å². The van der Waals surface area contributed by atoms with E-state index in [0.29, 0.717) is 6.54 Å². The van der Waals surface area contributed by atoms with Crippen LogP contribution in [0.4, 0.5) is 5.69 Å². The number of carbonyl (C=O) groups is 1. The molecule has 7 nitrogen and oxygen atoms in total. The highest BCUT2D eigenvalue weighted by Gasteiger charge is 2.21. The van der Waals surface area contributed by atoms with Gasteiger partial charge in [0.05, 0.1) is 4.92 Å². The fraction of sp³-hybridized carbons (Fsp3) is 0.500. The van der Waals surface area contributed by atoms with Crippen LogP contribution in [0.2, 0.25) is 0 Å². The van der Waals surface area contributed by atoms with Gasteiger partial charge in [0.25, 0.3) is 5.91 Å². The highest BCUT2D eigenvalue weighted by molar-refractivity contribution is 5.81. The van der Waals surface area contributed by atoms with Crippen molar-refractivity contribution in [3.8, 4) is 5.75 Å². The van der Waals surface area contributed by atoms with E-state index >= 15 is 0 Å². The Morgan fingerprint density at radius 3 is 2.57 bits per heavy atom. The zero-order chi connectivity index (χ0) is 16.0. The number of carbonyl (C=O) groups excluding carboxylic acids is 1. The fourth-order valence-electron chi connectivity index (χ4n) is 1.77. The van der Waals surface area contributed by atoms with Crippen molar-refractivity contribution in [3.05, 3.63) is 33.9 Å². The SMILES string of the molecule is CNCc1ccc(OC(C)C(=O)NC(C)C)c([N+](=O)[O-])c1. The number of benzene rings is 1. The van der Waals surface area contributed by atoms with Gasteiger partial charge in [-0.25, -0.2) is 0 Å². The maximum absolute atomic E-state index is 11.8. The summed E-state index contributed by atoms with van der Waals surface area (Å²) in [5.41, 5.74) is 0.628. The summed E-state index contributed by atoms with van der Waals surface area (Å²) in [6, 6.07) is 4.67. The van der Waals surface area contributed by atoms with Gasteiger partial charge in [0.2, 0.25) is 0 Å². The number of nitrogens with zero attached hydrogens (tertiary/aromatic N) is 1. The third-order valence-electron chi connectivity index (χ3n) is 2.70. The normalized spacial score (nSPS) is 12.0. The number of nitrogens with one attached hydrogen (secondary N) is 2. The number of nitro benzene ring substituents is 1. The molecule has 0 aliphatic carbocycles. The molecular formula is C14H21N3O4. The summed E-state index contributed by atoms with van der Waals surface area (Å²) < 4.78 is 5.43. The third kappa shape index (κ3) is 5.03. The lowest BCUT2D eigenvalue weighted by molar-refractivity contribution is -0.386. The molecule has 7 heteroatoms. The number of amides is 1. The van der Waals surface area contributed by atoms with Crippen LogP contribution in [0.1, 0.15) is 26.3 Å². The topological polar surface area (TPSA) is 93.5 Å². The maximum Gasteiger partial charge on any atom is 0.311 e. The first-order chi connectivity index (χ1) is 9.85. The van der Waals surface area contributed by atoms with Gasteiger partial charge in [0.15, 0.2) is 11.9 Å². The lowest BCUT2D eigenvalue weighted by Crippen LogP contribution is -2.40. The van der Waals surface area contributed by atoms with Crippen molar-refractivity contribution in [3.63, 3.8) is 0 Å².